The van der Waals surface area contributed by atoms with E-state index in [1.807, 2.05) is 32.9 Å². The number of nitrogens with zero attached hydrogens (tertiary/aromatic N) is 3. The van der Waals surface area contributed by atoms with Crippen molar-refractivity contribution in [2.24, 2.45) is 5.10 Å². The first-order valence-corrected chi connectivity index (χ1v) is 10.5. The van der Waals surface area contributed by atoms with E-state index < -0.39 is 5.41 Å². The molecule has 0 unspecified atom stereocenters. The molecule has 3 rings (SSSR count). The molecule has 1 aromatic heterocycles. The number of terminal acetylenes is 1. The first-order valence-electron chi connectivity index (χ1n) is 9.36. The number of methoxy groups -OCH3 is 1. The van der Waals surface area contributed by atoms with E-state index in [4.69, 9.17) is 32.5 Å². The van der Waals surface area contributed by atoms with Crippen molar-refractivity contribution in [1.29, 1.82) is 0 Å². The van der Waals surface area contributed by atoms with Gasteiger partial charge < -0.3 is 9.47 Å². The first-order chi connectivity index (χ1) is 14.7. The second kappa shape index (κ2) is 9.13. The molecule has 0 aliphatic heterocycles. The standard InChI is InChI=1S/C23H21BrClN3O3/c1-6-9-31-20-17(25)10-14(11-19(20)30-5)13-26-28-21(29)16-12-15(24)7-8-18(16)27-22(28)23(2,3)4/h1,7-8,10-13H,9H2,2-5H3. The van der Waals surface area contributed by atoms with Gasteiger partial charge >= 0.3 is 0 Å². The molecule has 8 heteroatoms. The number of fused-ring (bicyclic) bond motifs is 1. The third kappa shape index (κ3) is 4.92. The molecule has 0 atom stereocenters. The summed E-state index contributed by atoms with van der Waals surface area (Å²) in [6.07, 6.45) is 6.78. The molecule has 6 nitrogen and oxygen atoms in total. The maximum Gasteiger partial charge on any atom is 0.282 e. The summed E-state index contributed by atoms with van der Waals surface area (Å²) in [6, 6.07) is 8.76. The lowest BCUT2D eigenvalue weighted by atomic mass is 9.95. The second-order valence-electron chi connectivity index (χ2n) is 7.74. The molecule has 0 saturated carbocycles. The van der Waals surface area contributed by atoms with Crippen molar-refractivity contribution in [3.8, 4) is 23.8 Å². The number of rotatable bonds is 5. The molecule has 0 N–H and O–H groups in total. The van der Waals surface area contributed by atoms with Crippen LogP contribution in [0.5, 0.6) is 11.5 Å². The van der Waals surface area contributed by atoms with E-state index in [0.717, 1.165) is 4.47 Å². The Kier molecular flexibility index (Phi) is 6.73. The molecule has 0 radical (unpaired) electrons. The van der Waals surface area contributed by atoms with Gasteiger partial charge in [0, 0.05) is 9.89 Å². The van der Waals surface area contributed by atoms with E-state index in [9.17, 15) is 4.79 Å². The fraction of sp³-hybridized carbons (Fsp3) is 0.261. The van der Waals surface area contributed by atoms with Gasteiger partial charge in [0.2, 0.25) is 0 Å². The Morgan fingerprint density at radius 1 is 1.32 bits per heavy atom. The first kappa shape index (κ1) is 22.9. The lowest BCUT2D eigenvalue weighted by molar-refractivity contribution is 0.331. The van der Waals surface area contributed by atoms with Gasteiger partial charge in [0.15, 0.2) is 11.5 Å². The number of hydrogen-bond donors (Lipinski definition) is 0. The zero-order valence-corrected chi connectivity index (χ0v) is 19.9. The molecule has 31 heavy (non-hydrogen) atoms. The van der Waals surface area contributed by atoms with E-state index in [2.05, 4.69) is 27.0 Å². The smallest absolute Gasteiger partial charge is 0.282 e. The Bertz CT molecular complexity index is 1270. The molecule has 2 aromatic carbocycles. The van der Waals surface area contributed by atoms with Gasteiger partial charge in [-0.1, -0.05) is 54.2 Å². The van der Waals surface area contributed by atoms with Crippen LogP contribution in [0.25, 0.3) is 10.9 Å². The minimum atomic E-state index is -0.417. The zero-order valence-electron chi connectivity index (χ0n) is 17.6. The summed E-state index contributed by atoms with van der Waals surface area (Å²) in [5.74, 6) is 3.69. The molecule has 0 aliphatic carbocycles. The van der Waals surface area contributed by atoms with Gasteiger partial charge in [0.05, 0.1) is 29.2 Å². The van der Waals surface area contributed by atoms with E-state index in [-0.39, 0.29) is 12.2 Å². The molecule has 1 heterocycles. The van der Waals surface area contributed by atoms with E-state index >= 15 is 0 Å². The van der Waals surface area contributed by atoms with E-state index in [1.54, 1.807) is 18.2 Å². The zero-order chi connectivity index (χ0) is 22.8. The van der Waals surface area contributed by atoms with Gasteiger partial charge in [0.1, 0.15) is 12.4 Å². The molecule has 160 valence electrons. The van der Waals surface area contributed by atoms with Gasteiger partial charge in [-0.2, -0.15) is 9.78 Å². The topological polar surface area (TPSA) is 65.7 Å². The second-order valence-corrected chi connectivity index (χ2v) is 9.06. The predicted molar refractivity (Wildman–Crippen MR) is 128 cm³/mol. The molecular weight excluding hydrogens is 482 g/mol. The van der Waals surface area contributed by atoms with Crippen molar-refractivity contribution in [3.63, 3.8) is 0 Å². The fourth-order valence-corrected chi connectivity index (χ4v) is 3.57. The highest BCUT2D eigenvalue weighted by Gasteiger charge is 2.23. The number of aromatic nitrogens is 2. The van der Waals surface area contributed by atoms with E-state index in [1.165, 1.54) is 18.0 Å². The summed E-state index contributed by atoms with van der Waals surface area (Å²) < 4.78 is 12.9. The van der Waals surface area contributed by atoms with Crippen molar-refractivity contribution < 1.29 is 9.47 Å². The van der Waals surface area contributed by atoms with Crippen LogP contribution in [-0.2, 0) is 5.41 Å². The molecule has 0 aliphatic rings. The number of ether oxygens (including phenoxy) is 2. The van der Waals surface area contributed by atoms with Crippen LogP contribution in [0.4, 0.5) is 0 Å². The average molecular weight is 503 g/mol. The van der Waals surface area contributed by atoms with Crippen molar-refractivity contribution >= 4 is 44.6 Å². The van der Waals surface area contributed by atoms with Crippen LogP contribution >= 0.6 is 27.5 Å². The number of benzene rings is 2. The normalized spacial score (nSPS) is 11.6. The summed E-state index contributed by atoms with van der Waals surface area (Å²) in [6.45, 7) is 5.99. The quantitative estimate of drug-likeness (QED) is 0.363. The minimum absolute atomic E-state index is 0.0617. The summed E-state index contributed by atoms with van der Waals surface area (Å²) >= 11 is 9.75. The SMILES string of the molecule is C#CCOc1c(Cl)cc(C=Nn2c(C(C)(C)C)nc3ccc(Br)cc3c2=O)cc1OC. The van der Waals surface area contributed by atoms with Crippen LogP contribution < -0.4 is 15.0 Å². The minimum Gasteiger partial charge on any atom is -0.493 e. The molecular formula is C23H21BrClN3O3. The Morgan fingerprint density at radius 2 is 2.06 bits per heavy atom. The molecule has 0 amide bonds. The molecule has 3 aromatic rings. The van der Waals surface area contributed by atoms with Gasteiger partial charge in [-0.3, -0.25) is 4.79 Å². The maximum atomic E-state index is 13.2. The third-order valence-electron chi connectivity index (χ3n) is 4.35. The summed E-state index contributed by atoms with van der Waals surface area (Å²) in [4.78, 5) is 17.9. The van der Waals surface area contributed by atoms with Crippen LogP contribution in [0.3, 0.4) is 0 Å². The monoisotopic (exact) mass is 501 g/mol. The average Bonchev–Trinajstić information content (AvgIpc) is 2.71. The van der Waals surface area contributed by atoms with E-state index in [0.29, 0.717) is 38.8 Å². The highest BCUT2D eigenvalue weighted by atomic mass is 79.9. The highest BCUT2D eigenvalue weighted by molar-refractivity contribution is 9.10. The Morgan fingerprint density at radius 3 is 2.71 bits per heavy atom. The summed E-state index contributed by atoms with van der Waals surface area (Å²) in [5, 5.41) is 5.23. The van der Waals surface area contributed by atoms with Gasteiger partial charge in [0.25, 0.3) is 5.56 Å². The van der Waals surface area contributed by atoms with Gasteiger partial charge in [-0.25, -0.2) is 4.98 Å². The largest absolute Gasteiger partial charge is 0.493 e. The highest BCUT2D eigenvalue weighted by Crippen LogP contribution is 2.36. The lowest BCUT2D eigenvalue weighted by Gasteiger charge is -2.21. The lowest BCUT2D eigenvalue weighted by Crippen LogP contribution is -2.29. The van der Waals surface area contributed by atoms with Crippen molar-refractivity contribution in [2.45, 2.75) is 26.2 Å². The summed E-state index contributed by atoms with van der Waals surface area (Å²) in [5.41, 5.74) is 0.555. The van der Waals surface area contributed by atoms with Gasteiger partial charge in [-0.05, 0) is 35.9 Å². The van der Waals surface area contributed by atoms with Crippen LogP contribution in [0.2, 0.25) is 5.02 Å². The van der Waals surface area contributed by atoms with Crippen molar-refractivity contribution in [3.05, 3.63) is 61.6 Å². The Balaban J connectivity index is 2.15. The molecule has 0 saturated heterocycles. The molecule has 0 spiro atoms. The molecule has 0 fully saturated rings. The Hall–Kier alpha value is -2.82. The number of halogens is 2. The van der Waals surface area contributed by atoms with Crippen LogP contribution in [0, 0.1) is 12.3 Å². The maximum absolute atomic E-state index is 13.2. The van der Waals surface area contributed by atoms with Crippen LogP contribution in [-0.4, -0.2) is 29.6 Å². The Labute approximate surface area is 194 Å². The number of hydrogen-bond acceptors (Lipinski definition) is 5. The van der Waals surface area contributed by atoms with Gasteiger partial charge in [-0.15, -0.1) is 6.42 Å². The van der Waals surface area contributed by atoms with Crippen LogP contribution in [0.15, 0.2) is 44.7 Å². The predicted octanol–water partition coefficient (Wildman–Crippen LogP) is 5.01. The van der Waals surface area contributed by atoms with Crippen molar-refractivity contribution in [1.82, 2.24) is 9.66 Å². The third-order valence-corrected chi connectivity index (χ3v) is 5.13. The van der Waals surface area contributed by atoms with Crippen molar-refractivity contribution in [2.75, 3.05) is 13.7 Å². The fourth-order valence-electron chi connectivity index (χ4n) is 2.93. The molecule has 0 bridgehead atoms. The van der Waals surface area contributed by atoms with Crippen LogP contribution in [0.1, 0.15) is 32.2 Å². The summed E-state index contributed by atoms with van der Waals surface area (Å²) in [7, 11) is 1.50.